The van der Waals surface area contributed by atoms with Crippen LogP contribution < -0.4 is 11.3 Å². The molecule has 0 spiro atoms. The molecule has 0 radical (unpaired) electrons. The third-order valence-electron chi connectivity index (χ3n) is 3.25. The number of nitrogen functional groups attached to an aromatic ring is 1. The van der Waals surface area contributed by atoms with Crippen molar-refractivity contribution in [1.82, 2.24) is 15.6 Å². The maximum absolute atomic E-state index is 12.0. The molecule has 0 saturated carbocycles. The van der Waals surface area contributed by atoms with E-state index in [2.05, 4.69) is 10.2 Å². The number of esters is 1. The van der Waals surface area contributed by atoms with Gasteiger partial charge in [-0.15, -0.1) is 5.10 Å². The van der Waals surface area contributed by atoms with Crippen LogP contribution in [0.3, 0.4) is 0 Å². The molecule has 7 heteroatoms. The fraction of sp³-hybridized carbons (Fsp3) is 0.286. The molecule has 21 heavy (non-hydrogen) atoms. The quantitative estimate of drug-likeness (QED) is 0.378. The zero-order valence-corrected chi connectivity index (χ0v) is 12.1. The third-order valence-corrected chi connectivity index (χ3v) is 3.25. The average molecular weight is 288 g/mol. The van der Waals surface area contributed by atoms with E-state index in [4.69, 9.17) is 10.6 Å². The highest BCUT2D eigenvalue weighted by atomic mass is 16.5. The summed E-state index contributed by atoms with van der Waals surface area (Å²) < 4.78 is 5.06. The standard InChI is InChI=1S/C14H16N4O3/c1-4-21-14(20)11-7(2)5-9-10(8(11)3)6-16-18-12(9)13(19)17-15/h5-6H,4,15H2,1-3H3,(H,17,19). The number of nitrogens with two attached hydrogens (primary N) is 1. The Bertz CT molecular complexity index is 728. The first kappa shape index (κ1) is 14.9. The zero-order valence-electron chi connectivity index (χ0n) is 12.1. The number of hydrogen-bond acceptors (Lipinski definition) is 6. The first-order chi connectivity index (χ1) is 10.0. The molecule has 0 aliphatic heterocycles. The number of fused-ring (bicyclic) bond motifs is 1. The number of rotatable bonds is 3. The van der Waals surface area contributed by atoms with Crippen LogP contribution in [-0.4, -0.2) is 28.7 Å². The van der Waals surface area contributed by atoms with Crippen molar-refractivity contribution in [3.8, 4) is 0 Å². The van der Waals surface area contributed by atoms with Crippen LogP contribution >= 0.6 is 0 Å². The molecule has 0 aliphatic rings. The number of amides is 1. The predicted octanol–water partition coefficient (Wildman–Crippen LogP) is 1.03. The van der Waals surface area contributed by atoms with E-state index < -0.39 is 11.9 Å². The monoisotopic (exact) mass is 288 g/mol. The fourth-order valence-corrected chi connectivity index (χ4v) is 2.31. The van der Waals surface area contributed by atoms with Crippen molar-refractivity contribution in [3.63, 3.8) is 0 Å². The van der Waals surface area contributed by atoms with Gasteiger partial charge in [0.05, 0.1) is 18.4 Å². The molecule has 1 aromatic heterocycles. The summed E-state index contributed by atoms with van der Waals surface area (Å²) in [6.07, 6.45) is 1.51. The maximum atomic E-state index is 12.0. The molecule has 0 unspecified atom stereocenters. The van der Waals surface area contributed by atoms with E-state index in [9.17, 15) is 9.59 Å². The van der Waals surface area contributed by atoms with Crippen molar-refractivity contribution in [2.24, 2.45) is 5.84 Å². The summed E-state index contributed by atoms with van der Waals surface area (Å²) in [6.45, 7) is 5.61. The van der Waals surface area contributed by atoms with Crippen LogP contribution in [0.1, 0.15) is 38.9 Å². The van der Waals surface area contributed by atoms with Gasteiger partial charge in [-0.25, -0.2) is 10.6 Å². The van der Waals surface area contributed by atoms with E-state index in [1.807, 2.05) is 5.43 Å². The van der Waals surface area contributed by atoms with Crippen LogP contribution in [-0.2, 0) is 4.74 Å². The summed E-state index contributed by atoms with van der Waals surface area (Å²) in [7, 11) is 0. The van der Waals surface area contributed by atoms with Crippen molar-refractivity contribution in [2.45, 2.75) is 20.8 Å². The number of aromatic nitrogens is 2. The summed E-state index contributed by atoms with van der Waals surface area (Å²) in [6, 6.07) is 1.72. The Kier molecular flexibility index (Phi) is 4.13. The molecular formula is C14H16N4O3. The number of carbonyl (C=O) groups is 2. The number of nitrogens with zero attached hydrogens (tertiary/aromatic N) is 2. The average Bonchev–Trinajstić information content (AvgIpc) is 2.46. The van der Waals surface area contributed by atoms with Crippen molar-refractivity contribution in [1.29, 1.82) is 0 Å². The molecule has 0 aliphatic carbocycles. The second-order valence-electron chi connectivity index (χ2n) is 4.54. The lowest BCUT2D eigenvalue weighted by Gasteiger charge is -2.13. The third kappa shape index (κ3) is 2.55. The molecule has 0 bridgehead atoms. The van der Waals surface area contributed by atoms with Gasteiger partial charge in [0, 0.05) is 10.8 Å². The maximum Gasteiger partial charge on any atom is 0.338 e. The minimum Gasteiger partial charge on any atom is -0.462 e. The highest BCUT2D eigenvalue weighted by Gasteiger charge is 2.20. The molecular weight excluding hydrogens is 272 g/mol. The molecule has 1 heterocycles. The second kappa shape index (κ2) is 5.84. The van der Waals surface area contributed by atoms with Gasteiger partial charge in [-0.05, 0) is 38.0 Å². The van der Waals surface area contributed by atoms with Crippen LogP contribution in [0, 0.1) is 13.8 Å². The number of benzene rings is 1. The van der Waals surface area contributed by atoms with Crippen LogP contribution in [0.4, 0.5) is 0 Å². The van der Waals surface area contributed by atoms with Crippen molar-refractivity contribution in [2.75, 3.05) is 6.61 Å². The zero-order chi connectivity index (χ0) is 15.6. The van der Waals surface area contributed by atoms with Crippen LogP contribution in [0.25, 0.3) is 10.8 Å². The molecule has 7 nitrogen and oxygen atoms in total. The highest BCUT2D eigenvalue weighted by Crippen LogP contribution is 2.26. The van der Waals surface area contributed by atoms with Crippen molar-refractivity contribution in [3.05, 3.63) is 34.6 Å². The van der Waals surface area contributed by atoms with E-state index in [0.717, 1.165) is 0 Å². The largest absolute Gasteiger partial charge is 0.462 e. The Hall–Kier alpha value is -2.54. The number of ether oxygens (including phenoxy) is 1. The van der Waals surface area contributed by atoms with E-state index >= 15 is 0 Å². The number of carbonyl (C=O) groups excluding carboxylic acids is 2. The van der Waals surface area contributed by atoms with Gasteiger partial charge in [0.2, 0.25) is 0 Å². The SMILES string of the molecule is CCOC(=O)c1c(C)cc2c(C(=O)NN)nncc2c1C. The number of nitrogens with one attached hydrogen (secondary N) is 1. The van der Waals surface area contributed by atoms with Crippen LogP contribution in [0.15, 0.2) is 12.3 Å². The molecule has 2 aromatic rings. The normalized spacial score (nSPS) is 10.5. The minimum absolute atomic E-state index is 0.122. The summed E-state index contributed by atoms with van der Waals surface area (Å²) in [4.78, 5) is 23.8. The highest BCUT2D eigenvalue weighted by molar-refractivity contribution is 6.08. The first-order valence-electron chi connectivity index (χ1n) is 6.44. The van der Waals surface area contributed by atoms with Crippen molar-refractivity contribution >= 4 is 22.6 Å². The van der Waals surface area contributed by atoms with Crippen LogP contribution in [0.5, 0.6) is 0 Å². The Balaban J connectivity index is 2.74. The summed E-state index contributed by atoms with van der Waals surface area (Å²) >= 11 is 0. The molecule has 3 N–H and O–H groups in total. The minimum atomic E-state index is -0.532. The first-order valence-corrected chi connectivity index (χ1v) is 6.44. The fourth-order valence-electron chi connectivity index (χ4n) is 2.31. The Morgan fingerprint density at radius 2 is 2.05 bits per heavy atom. The Morgan fingerprint density at radius 3 is 2.67 bits per heavy atom. The lowest BCUT2D eigenvalue weighted by molar-refractivity contribution is 0.0525. The van der Waals surface area contributed by atoms with Gasteiger partial charge in [-0.1, -0.05) is 0 Å². The summed E-state index contributed by atoms with van der Waals surface area (Å²) in [5.74, 6) is 4.22. The Morgan fingerprint density at radius 1 is 1.33 bits per heavy atom. The lowest BCUT2D eigenvalue weighted by Crippen LogP contribution is -2.31. The summed E-state index contributed by atoms with van der Waals surface area (Å²) in [5, 5.41) is 8.87. The van der Waals surface area contributed by atoms with Crippen molar-refractivity contribution < 1.29 is 14.3 Å². The molecule has 1 aromatic carbocycles. The van der Waals surface area contributed by atoms with Gasteiger partial charge in [0.25, 0.3) is 5.91 Å². The van der Waals surface area contributed by atoms with E-state index in [-0.39, 0.29) is 5.69 Å². The van der Waals surface area contributed by atoms with Gasteiger partial charge in [0.15, 0.2) is 5.69 Å². The molecule has 0 atom stereocenters. The molecule has 1 amide bonds. The number of aryl methyl sites for hydroxylation is 2. The number of hydrazine groups is 1. The van der Waals surface area contributed by atoms with Gasteiger partial charge >= 0.3 is 5.97 Å². The smallest absolute Gasteiger partial charge is 0.338 e. The predicted molar refractivity (Wildman–Crippen MR) is 76.6 cm³/mol. The molecule has 110 valence electrons. The molecule has 0 fully saturated rings. The lowest BCUT2D eigenvalue weighted by atomic mass is 9.96. The van der Waals surface area contributed by atoms with Gasteiger partial charge in [0.1, 0.15) is 0 Å². The molecule has 2 rings (SSSR count). The second-order valence-corrected chi connectivity index (χ2v) is 4.54. The van der Waals surface area contributed by atoms with Gasteiger partial charge < -0.3 is 4.74 Å². The van der Waals surface area contributed by atoms with E-state index in [1.165, 1.54) is 6.20 Å². The summed E-state index contributed by atoms with van der Waals surface area (Å²) in [5.41, 5.74) is 4.05. The topological polar surface area (TPSA) is 107 Å². The van der Waals surface area contributed by atoms with Crippen LogP contribution in [0.2, 0.25) is 0 Å². The van der Waals surface area contributed by atoms with Gasteiger partial charge in [-0.3, -0.25) is 10.2 Å². The molecule has 0 saturated heterocycles. The Labute approximate surface area is 121 Å². The van der Waals surface area contributed by atoms with E-state index in [1.54, 1.807) is 26.8 Å². The van der Waals surface area contributed by atoms with Gasteiger partial charge in [-0.2, -0.15) is 5.10 Å². The van der Waals surface area contributed by atoms with E-state index in [0.29, 0.717) is 34.1 Å². The number of hydrogen-bond donors (Lipinski definition) is 2.